The summed E-state index contributed by atoms with van der Waals surface area (Å²) in [5.74, 6) is 0.623. The van der Waals surface area contributed by atoms with E-state index in [0.717, 1.165) is 12.0 Å². The first kappa shape index (κ1) is 16.1. The predicted molar refractivity (Wildman–Crippen MR) is 86.7 cm³/mol. The van der Waals surface area contributed by atoms with E-state index in [0.29, 0.717) is 16.6 Å². The van der Waals surface area contributed by atoms with Gasteiger partial charge in [0.15, 0.2) is 0 Å². The fourth-order valence-electron chi connectivity index (χ4n) is 2.48. The van der Waals surface area contributed by atoms with Gasteiger partial charge in [0, 0.05) is 6.04 Å². The molecule has 1 aromatic carbocycles. The molecule has 1 aromatic heterocycles. The normalized spacial score (nSPS) is 13.1. The Kier molecular flexibility index (Phi) is 5.07. The molecule has 1 heterocycles. The number of aromatic nitrogens is 2. The first-order valence-corrected chi connectivity index (χ1v) is 7.77. The van der Waals surface area contributed by atoms with Crippen LogP contribution in [0.2, 0.25) is 5.02 Å². The van der Waals surface area contributed by atoms with Crippen LogP contribution in [0.1, 0.15) is 56.7 Å². The van der Waals surface area contributed by atoms with Gasteiger partial charge in [0.25, 0.3) is 0 Å². The van der Waals surface area contributed by atoms with Crippen LogP contribution in [-0.4, -0.2) is 14.9 Å². The molecule has 0 spiro atoms. The van der Waals surface area contributed by atoms with Crippen LogP contribution < -0.4 is 0 Å². The second kappa shape index (κ2) is 6.63. The summed E-state index contributed by atoms with van der Waals surface area (Å²) in [5, 5.41) is 15.4. The minimum absolute atomic E-state index is 0.155. The molecule has 0 amide bonds. The third-order valence-electron chi connectivity index (χ3n) is 3.47. The third-order valence-corrected chi connectivity index (χ3v) is 3.77. The lowest BCUT2D eigenvalue weighted by Crippen LogP contribution is -2.12. The summed E-state index contributed by atoms with van der Waals surface area (Å²) < 4.78 is 1.77. The number of hydrogen-bond donors (Lipinski definition) is 1. The second-order valence-corrected chi connectivity index (χ2v) is 6.57. The number of benzene rings is 1. The highest BCUT2D eigenvalue weighted by atomic mass is 35.5. The lowest BCUT2D eigenvalue weighted by atomic mass is 9.99. The summed E-state index contributed by atoms with van der Waals surface area (Å²) in [5.41, 5.74) is 2.78. The molecule has 114 valence electrons. The number of halogens is 1. The Morgan fingerprint density at radius 3 is 2.29 bits per heavy atom. The van der Waals surface area contributed by atoms with Crippen molar-refractivity contribution in [3.63, 3.8) is 0 Å². The van der Waals surface area contributed by atoms with E-state index in [4.69, 9.17) is 11.6 Å². The number of nitrogens with zero attached hydrogens (tertiary/aromatic N) is 2. The van der Waals surface area contributed by atoms with Gasteiger partial charge in [-0.1, -0.05) is 49.7 Å². The average molecular weight is 307 g/mol. The van der Waals surface area contributed by atoms with Crippen molar-refractivity contribution in [1.82, 2.24) is 9.78 Å². The topological polar surface area (TPSA) is 38.1 Å². The molecule has 1 N–H and O–H groups in total. The van der Waals surface area contributed by atoms with Crippen LogP contribution in [0.5, 0.6) is 0 Å². The summed E-state index contributed by atoms with van der Waals surface area (Å²) in [6.07, 6.45) is 1.88. The van der Waals surface area contributed by atoms with Crippen molar-refractivity contribution in [2.24, 2.45) is 5.92 Å². The highest BCUT2D eigenvalue weighted by Crippen LogP contribution is 2.30. The summed E-state index contributed by atoms with van der Waals surface area (Å²) >= 11 is 6.19. The van der Waals surface area contributed by atoms with E-state index in [1.807, 2.05) is 26.0 Å². The molecule has 0 bridgehead atoms. The first-order valence-electron chi connectivity index (χ1n) is 7.40. The third kappa shape index (κ3) is 3.66. The Bertz CT molecular complexity index is 587. The van der Waals surface area contributed by atoms with E-state index in [1.54, 1.807) is 10.9 Å². The summed E-state index contributed by atoms with van der Waals surface area (Å²) in [6.45, 7) is 8.43. The molecule has 4 heteroatoms. The number of hydrogen-bond acceptors (Lipinski definition) is 2. The van der Waals surface area contributed by atoms with Crippen molar-refractivity contribution < 1.29 is 5.11 Å². The van der Waals surface area contributed by atoms with Crippen molar-refractivity contribution in [1.29, 1.82) is 0 Å². The molecule has 0 fully saturated rings. The number of rotatable bonds is 5. The first-order chi connectivity index (χ1) is 9.90. The maximum absolute atomic E-state index is 10.6. The Labute approximate surface area is 131 Å². The fourth-order valence-corrected chi connectivity index (χ4v) is 2.72. The molecule has 2 aromatic rings. The van der Waals surface area contributed by atoms with Gasteiger partial charge in [-0.25, -0.2) is 0 Å². The van der Waals surface area contributed by atoms with Crippen LogP contribution in [0.25, 0.3) is 0 Å². The zero-order chi connectivity index (χ0) is 15.6. The van der Waals surface area contributed by atoms with Crippen LogP contribution in [0, 0.1) is 5.92 Å². The van der Waals surface area contributed by atoms with Crippen molar-refractivity contribution in [3.05, 3.63) is 52.3 Å². The van der Waals surface area contributed by atoms with Gasteiger partial charge < -0.3 is 5.11 Å². The van der Waals surface area contributed by atoms with Gasteiger partial charge in [0.2, 0.25) is 0 Å². The molecule has 21 heavy (non-hydrogen) atoms. The smallest absolute Gasteiger partial charge is 0.122 e. The average Bonchev–Trinajstić information content (AvgIpc) is 2.80. The molecule has 0 aliphatic carbocycles. The van der Waals surface area contributed by atoms with E-state index in [9.17, 15) is 5.11 Å². The minimum atomic E-state index is -0.754. The fraction of sp³-hybridized carbons (Fsp3) is 0.471. The SMILES string of the molecule is CC(C)Cc1ccc(C(O)c2c(Cl)cnn2C(C)C)cc1. The molecule has 0 saturated carbocycles. The van der Waals surface area contributed by atoms with Crippen LogP contribution in [-0.2, 0) is 6.42 Å². The number of aliphatic hydroxyl groups is 1. The molecular weight excluding hydrogens is 284 g/mol. The summed E-state index contributed by atoms with van der Waals surface area (Å²) in [4.78, 5) is 0. The van der Waals surface area contributed by atoms with Gasteiger partial charge in [-0.3, -0.25) is 4.68 Å². The van der Waals surface area contributed by atoms with Crippen molar-refractivity contribution in [2.75, 3.05) is 0 Å². The predicted octanol–water partition coefficient (Wildman–Crippen LogP) is 4.40. The lowest BCUT2D eigenvalue weighted by Gasteiger charge is -2.17. The van der Waals surface area contributed by atoms with E-state index in [2.05, 4.69) is 31.1 Å². The van der Waals surface area contributed by atoms with Gasteiger partial charge in [-0.2, -0.15) is 5.10 Å². The Balaban J connectivity index is 2.28. The standard InChI is InChI=1S/C17H23ClN2O/c1-11(2)9-13-5-7-14(8-6-13)17(21)16-15(18)10-19-20(16)12(3)4/h5-8,10-12,17,21H,9H2,1-4H3. The molecule has 2 rings (SSSR count). The largest absolute Gasteiger partial charge is 0.382 e. The molecule has 0 radical (unpaired) electrons. The van der Waals surface area contributed by atoms with Crippen molar-refractivity contribution >= 4 is 11.6 Å². The molecule has 0 saturated heterocycles. The van der Waals surface area contributed by atoms with Gasteiger partial charge in [0.1, 0.15) is 6.10 Å². The van der Waals surface area contributed by atoms with E-state index >= 15 is 0 Å². The Hall–Kier alpha value is -1.32. The minimum Gasteiger partial charge on any atom is -0.382 e. The molecule has 1 unspecified atom stereocenters. The van der Waals surface area contributed by atoms with Crippen LogP contribution in [0.15, 0.2) is 30.5 Å². The zero-order valence-corrected chi connectivity index (χ0v) is 13.8. The van der Waals surface area contributed by atoms with Gasteiger partial charge in [0.05, 0.1) is 16.9 Å². The monoisotopic (exact) mass is 306 g/mol. The molecule has 0 aliphatic rings. The van der Waals surface area contributed by atoms with Crippen molar-refractivity contribution in [2.45, 2.75) is 46.3 Å². The second-order valence-electron chi connectivity index (χ2n) is 6.16. The quantitative estimate of drug-likeness (QED) is 0.889. The molecule has 1 atom stereocenters. The van der Waals surface area contributed by atoms with E-state index < -0.39 is 6.10 Å². The van der Waals surface area contributed by atoms with Crippen LogP contribution in [0.3, 0.4) is 0 Å². The van der Waals surface area contributed by atoms with Crippen LogP contribution in [0.4, 0.5) is 0 Å². The van der Waals surface area contributed by atoms with E-state index in [-0.39, 0.29) is 6.04 Å². The Morgan fingerprint density at radius 2 is 1.76 bits per heavy atom. The van der Waals surface area contributed by atoms with Gasteiger partial charge in [-0.15, -0.1) is 0 Å². The molecule has 3 nitrogen and oxygen atoms in total. The maximum Gasteiger partial charge on any atom is 0.122 e. The zero-order valence-electron chi connectivity index (χ0n) is 13.0. The van der Waals surface area contributed by atoms with Crippen molar-refractivity contribution in [3.8, 4) is 0 Å². The maximum atomic E-state index is 10.6. The molecule has 0 aliphatic heterocycles. The highest BCUT2D eigenvalue weighted by Gasteiger charge is 2.21. The van der Waals surface area contributed by atoms with E-state index in [1.165, 1.54) is 5.56 Å². The van der Waals surface area contributed by atoms with Gasteiger partial charge >= 0.3 is 0 Å². The highest BCUT2D eigenvalue weighted by molar-refractivity contribution is 6.31. The van der Waals surface area contributed by atoms with Crippen LogP contribution >= 0.6 is 11.6 Å². The summed E-state index contributed by atoms with van der Waals surface area (Å²) in [6, 6.07) is 8.24. The number of aliphatic hydroxyl groups excluding tert-OH is 1. The van der Waals surface area contributed by atoms with Gasteiger partial charge in [-0.05, 0) is 37.3 Å². The lowest BCUT2D eigenvalue weighted by molar-refractivity contribution is 0.205. The molecular formula is C17H23ClN2O. The summed E-state index contributed by atoms with van der Waals surface area (Å²) in [7, 11) is 0. The Morgan fingerprint density at radius 1 is 1.14 bits per heavy atom.